The van der Waals surface area contributed by atoms with Gasteiger partial charge in [-0.15, -0.1) is 0 Å². The standard InChI is InChI=1S/C13H14BrF3N2O2/c1-8-5-9(3-4-10(8)14)12(21)19(2)6-11(20)18-7-13(15,16)17/h3-5H,6-7H2,1-2H3,(H,18,20). The molecule has 0 fully saturated rings. The predicted molar refractivity (Wildman–Crippen MR) is 74.9 cm³/mol. The third-order valence-corrected chi connectivity index (χ3v) is 3.51. The van der Waals surface area contributed by atoms with Gasteiger partial charge < -0.3 is 10.2 Å². The van der Waals surface area contributed by atoms with Gasteiger partial charge in [0.15, 0.2) is 0 Å². The summed E-state index contributed by atoms with van der Waals surface area (Å²) in [4.78, 5) is 24.5. The van der Waals surface area contributed by atoms with Crippen molar-refractivity contribution in [3.05, 3.63) is 33.8 Å². The Balaban J connectivity index is 2.62. The summed E-state index contributed by atoms with van der Waals surface area (Å²) in [6, 6.07) is 4.90. The molecule has 4 nitrogen and oxygen atoms in total. The number of carbonyl (C=O) groups excluding carboxylic acids is 2. The van der Waals surface area contributed by atoms with Crippen LogP contribution in [0.2, 0.25) is 0 Å². The summed E-state index contributed by atoms with van der Waals surface area (Å²) in [5.41, 5.74) is 1.21. The molecule has 0 aliphatic carbocycles. The number of nitrogens with one attached hydrogen (secondary N) is 1. The number of carbonyl (C=O) groups is 2. The van der Waals surface area contributed by atoms with Crippen LogP contribution in [-0.4, -0.2) is 43.0 Å². The number of likely N-dealkylation sites (N-methyl/N-ethyl adjacent to an activating group) is 1. The molecular weight excluding hydrogens is 353 g/mol. The lowest BCUT2D eigenvalue weighted by Gasteiger charge is -2.17. The van der Waals surface area contributed by atoms with Crippen LogP contribution >= 0.6 is 15.9 Å². The van der Waals surface area contributed by atoms with Gasteiger partial charge >= 0.3 is 6.18 Å². The first kappa shape index (κ1) is 17.5. The summed E-state index contributed by atoms with van der Waals surface area (Å²) in [6.45, 7) is -0.0494. The molecule has 0 atom stereocenters. The van der Waals surface area contributed by atoms with Crippen molar-refractivity contribution in [1.29, 1.82) is 0 Å². The second-order valence-corrected chi connectivity index (χ2v) is 5.37. The van der Waals surface area contributed by atoms with Crippen LogP contribution in [0.25, 0.3) is 0 Å². The highest BCUT2D eigenvalue weighted by Crippen LogP contribution is 2.18. The zero-order valence-electron chi connectivity index (χ0n) is 11.4. The fourth-order valence-electron chi connectivity index (χ4n) is 1.54. The van der Waals surface area contributed by atoms with Crippen LogP contribution in [0.1, 0.15) is 15.9 Å². The van der Waals surface area contributed by atoms with E-state index in [1.165, 1.54) is 7.05 Å². The Morgan fingerprint density at radius 1 is 1.33 bits per heavy atom. The molecular formula is C13H14BrF3N2O2. The third kappa shape index (κ3) is 5.74. The molecule has 116 valence electrons. The zero-order chi connectivity index (χ0) is 16.2. The topological polar surface area (TPSA) is 49.4 Å². The van der Waals surface area contributed by atoms with Gasteiger partial charge in [0.2, 0.25) is 5.91 Å². The van der Waals surface area contributed by atoms with E-state index in [9.17, 15) is 22.8 Å². The summed E-state index contributed by atoms with van der Waals surface area (Å²) in [5.74, 6) is -1.30. The molecule has 1 aromatic carbocycles. The number of benzene rings is 1. The summed E-state index contributed by atoms with van der Waals surface area (Å²) >= 11 is 3.30. The number of halogens is 4. The summed E-state index contributed by atoms with van der Waals surface area (Å²) < 4.78 is 36.7. The van der Waals surface area contributed by atoms with Gasteiger partial charge in [0, 0.05) is 17.1 Å². The Kier molecular flexibility index (Phi) is 5.77. The van der Waals surface area contributed by atoms with Gasteiger partial charge in [-0.3, -0.25) is 9.59 Å². The summed E-state index contributed by atoms with van der Waals surface area (Å²) in [6.07, 6.45) is -4.47. The lowest BCUT2D eigenvalue weighted by Crippen LogP contribution is -2.41. The predicted octanol–water partition coefficient (Wildman–Crippen LogP) is 2.51. The average Bonchev–Trinajstić information content (AvgIpc) is 2.38. The molecule has 0 aliphatic rings. The van der Waals surface area contributed by atoms with Crippen molar-refractivity contribution >= 4 is 27.7 Å². The van der Waals surface area contributed by atoms with Crippen molar-refractivity contribution in [2.75, 3.05) is 20.1 Å². The highest BCUT2D eigenvalue weighted by atomic mass is 79.9. The maximum absolute atomic E-state index is 12.1. The Bertz CT molecular complexity index is 547. The fourth-order valence-corrected chi connectivity index (χ4v) is 1.79. The zero-order valence-corrected chi connectivity index (χ0v) is 13.0. The molecule has 0 heterocycles. The number of amides is 2. The van der Waals surface area contributed by atoms with Crippen molar-refractivity contribution in [2.45, 2.75) is 13.1 Å². The third-order valence-electron chi connectivity index (χ3n) is 2.62. The molecule has 0 radical (unpaired) electrons. The molecule has 1 rings (SSSR count). The maximum Gasteiger partial charge on any atom is 0.405 e. The minimum Gasteiger partial charge on any atom is -0.345 e. The van der Waals surface area contributed by atoms with E-state index in [0.29, 0.717) is 5.56 Å². The second kappa shape index (κ2) is 6.93. The number of rotatable bonds is 4. The molecule has 1 N–H and O–H groups in total. The SMILES string of the molecule is Cc1cc(C(=O)N(C)CC(=O)NCC(F)(F)F)ccc1Br. The Morgan fingerprint density at radius 2 is 1.95 bits per heavy atom. The molecule has 21 heavy (non-hydrogen) atoms. The second-order valence-electron chi connectivity index (χ2n) is 4.52. The van der Waals surface area contributed by atoms with Gasteiger partial charge in [-0.2, -0.15) is 13.2 Å². The van der Waals surface area contributed by atoms with Crippen molar-refractivity contribution in [3.63, 3.8) is 0 Å². The molecule has 0 saturated carbocycles. The first-order chi connectivity index (χ1) is 9.60. The molecule has 0 spiro atoms. The molecule has 0 aromatic heterocycles. The van der Waals surface area contributed by atoms with Crippen molar-refractivity contribution in [3.8, 4) is 0 Å². The van der Waals surface area contributed by atoms with E-state index in [-0.39, 0.29) is 0 Å². The van der Waals surface area contributed by atoms with Gasteiger partial charge in [0.1, 0.15) is 6.54 Å². The largest absolute Gasteiger partial charge is 0.405 e. The van der Waals surface area contributed by atoms with E-state index in [2.05, 4.69) is 15.9 Å². The first-order valence-corrected chi connectivity index (χ1v) is 6.74. The van der Waals surface area contributed by atoms with Gasteiger partial charge in [-0.25, -0.2) is 0 Å². The molecule has 1 aromatic rings. The Morgan fingerprint density at radius 3 is 2.48 bits per heavy atom. The normalized spacial score (nSPS) is 11.1. The smallest absolute Gasteiger partial charge is 0.345 e. The van der Waals surface area contributed by atoms with Crippen molar-refractivity contribution in [1.82, 2.24) is 10.2 Å². The van der Waals surface area contributed by atoms with E-state index >= 15 is 0 Å². The first-order valence-electron chi connectivity index (χ1n) is 5.95. The minimum absolute atomic E-state index is 0.363. The minimum atomic E-state index is -4.47. The Labute approximate surface area is 128 Å². The van der Waals surface area contributed by atoms with E-state index < -0.39 is 31.1 Å². The number of hydrogen-bond acceptors (Lipinski definition) is 2. The van der Waals surface area contributed by atoms with Crippen LogP contribution in [0.4, 0.5) is 13.2 Å². The average molecular weight is 367 g/mol. The van der Waals surface area contributed by atoms with E-state index in [4.69, 9.17) is 0 Å². The number of aryl methyl sites for hydroxylation is 1. The van der Waals surface area contributed by atoms with Crippen LogP contribution in [-0.2, 0) is 4.79 Å². The van der Waals surface area contributed by atoms with Gasteiger partial charge in [-0.1, -0.05) is 15.9 Å². The number of nitrogens with zero attached hydrogens (tertiary/aromatic N) is 1. The summed E-state index contributed by atoms with van der Waals surface area (Å²) in [5, 5.41) is 1.72. The van der Waals surface area contributed by atoms with Crippen molar-refractivity contribution in [2.24, 2.45) is 0 Å². The molecule has 0 aliphatic heterocycles. The van der Waals surface area contributed by atoms with E-state index in [0.717, 1.165) is 14.9 Å². The lowest BCUT2D eigenvalue weighted by atomic mass is 10.1. The highest BCUT2D eigenvalue weighted by Gasteiger charge is 2.28. The van der Waals surface area contributed by atoms with Gasteiger partial charge in [0.25, 0.3) is 5.91 Å². The van der Waals surface area contributed by atoms with E-state index in [1.54, 1.807) is 30.4 Å². The molecule has 8 heteroatoms. The van der Waals surface area contributed by atoms with E-state index in [1.807, 2.05) is 0 Å². The van der Waals surface area contributed by atoms with Crippen LogP contribution in [0.3, 0.4) is 0 Å². The quantitative estimate of drug-likeness (QED) is 0.889. The monoisotopic (exact) mass is 366 g/mol. The van der Waals surface area contributed by atoms with Crippen molar-refractivity contribution < 1.29 is 22.8 Å². The lowest BCUT2D eigenvalue weighted by molar-refractivity contribution is -0.138. The molecule has 0 bridgehead atoms. The fraction of sp³-hybridized carbons (Fsp3) is 0.385. The van der Waals surface area contributed by atoms with Crippen LogP contribution < -0.4 is 5.32 Å². The summed E-state index contributed by atoms with van der Waals surface area (Å²) in [7, 11) is 1.35. The molecule has 0 unspecified atom stereocenters. The Hall–Kier alpha value is -1.57. The maximum atomic E-state index is 12.1. The van der Waals surface area contributed by atoms with Gasteiger partial charge in [0.05, 0.1) is 6.54 Å². The van der Waals surface area contributed by atoms with Crippen LogP contribution in [0.5, 0.6) is 0 Å². The molecule has 0 saturated heterocycles. The van der Waals surface area contributed by atoms with Crippen LogP contribution in [0.15, 0.2) is 22.7 Å². The van der Waals surface area contributed by atoms with Crippen LogP contribution in [0, 0.1) is 6.92 Å². The number of alkyl halides is 3. The molecule has 2 amide bonds. The number of hydrogen-bond donors (Lipinski definition) is 1. The van der Waals surface area contributed by atoms with Gasteiger partial charge in [-0.05, 0) is 30.7 Å². The highest BCUT2D eigenvalue weighted by molar-refractivity contribution is 9.10.